The van der Waals surface area contributed by atoms with E-state index in [2.05, 4.69) is 24.0 Å². The quantitative estimate of drug-likeness (QED) is 0.853. The van der Waals surface area contributed by atoms with Crippen LogP contribution in [0.15, 0.2) is 24.5 Å². The predicted molar refractivity (Wildman–Crippen MR) is 69.7 cm³/mol. The van der Waals surface area contributed by atoms with Crippen molar-refractivity contribution in [3.05, 3.63) is 29.5 Å². The summed E-state index contributed by atoms with van der Waals surface area (Å²) in [6.45, 7) is 5.16. The van der Waals surface area contributed by atoms with Gasteiger partial charge in [-0.25, -0.2) is 0 Å². The largest absolute Gasteiger partial charge is 0.398 e. The van der Waals surface area contributed by atoms with Crippen LogP contribution in [-0.4, -0.2) is 14.8 Å². The Bertz CT molecular complexity index is 519. The fraction of sp³-hybridized carbons (Fsp3) is 0.333. The van der Waals surface area contributed by atoms with E-state index in [1.54, 1.807) is 12.4 Å². The molecule has 0 saturated carbocycles. The molecule has 0 aliphatic carbocycles. The molecule has 5 heteroatoms. The second-order valence-electron chi connectivity index (χ2n) is 4.43. The SMILES string of the molecule is CC(C)Cn1cnnc1-c1ccc(Cl)cc1N. The molecule has 90 valence electrons. The lowest BCUT2D eigenvalue weighted by molar-refractivity contribution is 0.525. The number of hydrogen-bond acceptors (Lipinski definition) is 3. The van der Waals surface area contributed by atoms with Gasteiger partial charge in [-0.1, -0.05) is 25.4 Å². The third-order valence-corrected chi connectivity index (χ3v) is 2.67. The van der Waals surface area contributed by atoms with Gasteiger partial charge in [-0.15, -0.1) is 10.2 Å². The zero-order chi connectivity index (χ0) is 12.4. The predicted octanol–water partition coefficient (Wildman–Crippen LogP) is 2.84. The van der Waals surface area contributed by atoms with Crippen LogP contribution in [0.1, 0.15) is 13.8 Å². The third-order valence-electron chi connectivity index (χ3n) is 2.43. The van der Waals surface area contributed by atoms with Crippen molar-refractivity contribution in [2.75, 3.05) is 5.73 Å². The number of aromatic nitrogens is 3. The van der Waals surface area contributed by atoms with Crippen LogP contribution in [0.4, 0.5) is 5.69 Å². The van der Waals surface area contributed by atoms with Crippen LogP contribution >= 0.6 is 11.6 Å². The summed E-state index contributed by atoms with van der Waals surface area (Å²) in [7, 11) is 0. The number of nitrogens with zero attached hydrogens (tertiary/aromatic N) is 3. The summed E-state index contributed by atoms with van der Waals surface area (Å²) in [6, 6.07) is 5.41. The van der Waals surface area contributed by atoms with E-state index < -0.39 is 0 Å². The van der Waals surface area contributed by atoms with Crippen LogP contribution in [0, 0.1) is 5.92 Å². The standard InChI is InChI=1S/C12H15ClN4/c1-8(2)6-17-7-15-16-12(17)10-4-3-9(13)5-11(10)14/h3-5,7-8H,6,14H2,1-2H3. The smallest absolute Gasteiger partial charge is 0.165 e. The molecule has 2 aromatic rings. The van der Waals surface area contributed by atoms with E-state index in [1.165, 1.54) is 0 Å². The van der Waals surface area contributed by atoms with Crippen LogP contribution in [0.25, 0.3) is 11.4 Å². The van der Waals surface area contributed by atoms with Gasteiger partial charge >= 0.3 is 0 Å². The molecule has 0 amide bonds. The molecule has 0 fully saturated rings. The molecular weight excluding hydrogens is 236 g/mol. The molecule has 1 aromatic heterocycles. The molecule has 0 spiro atoms. The summed E-state index contributed by atoms with van der Waals surface area (Å²) in [5.41, 5.74) is 7.44. The summed E-state index contributed by atoms with van der Waals surface area (Å²) >= 11 is 5.88. The van der Waals surface area contributed by atoms with E-state index in [-0.39, 0.29) is 0 Å². The van der Waals surface area contributed by atoms with Crippen LogP contribution in [0.2, 0.25) is 5.02 Å². The number of benzene rings is 1. The second-order valence-corrected chi connectivity index (χ2v) is 4.87. The lowest BCUT2D eigenvalue weighted by Crippen LogP contribution is -2.06. The molecule has 0 atom stereocenters. The molecule has 0 radical (unpaired) electrons. The van der Waals surface area contributed by atoms with E-state index in [0.717, 1.165) is 17.9 Å². The molecule has 0 unspecified atom stereocenters. The molecule has 4 nitrogen and oxygen atoms in total. The Hall–Kier alpha value is -1.55. The van der Waals surface area contributed by atoms with Gasteiger partial charge in [0.2, 0.25) is 0 Å². The van der Waals surface area contributed by atoms with E-state index in [4.69, 9.17) is 17.3 Å². The average molecular weight is 251 g/mol. The molecule has 0 saturated heterocycles. The molecule has 0 aliphatic rings. The van der Waals surface area contributed by atoms with Gasteiger partial charge in [-0.2, -0.15) is 0 Å². The Labute approximate surface area is 105 Å². The second kappa shape index (κ2) is 4.75. The minimum atomic E-state index is 0.526. The third kappa shape index (κ3) is 2.58. The highest BCUT2D eigenvalue weighted by atomic mass is 35.5. The zero-order valence-corrected chi connectivity index (χ0v) is 10.6. The fourth-order valence-electron chi connectivity index (χ4n) is 1.73. The Balaban J connectivity index is 2.42. The Morgan fingerprint density at radius 1 is 1.41 bits per heavy atom. The first-order chi connectivity index (χ1) is 8.08. The van der Waals surface area contributed by atoms with Crippen LogP contribution in [0.5, 0.6) is 0 Å². The topological polar surface area (TPSA) is 56.7 Å². The molecule has 2 N–H and O–H groups in total. The van der Waals surface area contributed by atoms with Gasteiger partial charge in [-0.05, 0) is 24.1 Å². The molecule has 1 heterocycles. The number of anilines is 1. The summed E-state index contributed by atoms with van der Waals surface area (Å²) in [5.74, 6) is 1.31. The summed E-state index contributed by atoms with van der Waals surface area (Å²) < 4.78 is 2.00. The number of halogens is 1. The van der Waals surface area contributed by atoms with Crippen LogP contribution < -0.4 is 5.73 Å². The van der Waals surface area contributed by atoms with E-state index in [9.17, 15) is 0 Å². The summed E-state index contributed by atoms with van der Waals surface area (Å²) in [5, 5.41) is 8.69. The maximum Gasteiger partial charge on any atom is 0.165 e. The first-order valence-corrected chi connectivity index (χ1v) is 5.89. The molecule has 0 aliphatic heterocycles. The summed E-state index contributed by atoms with van der Waals surface area (Å²) in [4.78, 5) is 0. The highest BCUT2D eigenvalue weighted by molar-refractivity contribution is 6.31. The Morgan fingerprint density at radius 3 is 2.82 bits per heavy atom. The van der Waals surface area contributed by atoms with Gasteiger partial charge < -0.3 is 10.3 Å². The Kier molecular flexibility index (Phi) is 3.33. The van der Waals surface area contributed by atoms with Crippen molar-refractivity contribution in [1.82, 2.24) is 14.8 Å². The molecule has 0 bridgehead atoms. The first kappa shape index (κ1) is 11.9. The van der Waals surface area contributed by atoms with E-state index in [1.807, 2.05) is 16.7 Å². The van der Waals surface area contributed by atoms with Crippen molar-refractivity contribution in [3.63, 3.8) is 0 Å². The lowest BCUT2D eigenvalue weighted by Gasteiger charge is -2.10. The van der Waals surface area contributed by atoms with Crippen molar-refractivity contribution >= 4 is 17.3 Å². The number of hydrogen-bond donors (Lipinski definition) is 1. The zero-order valence-electron chi connectivity index (χ0n) is 9.89. The van der Waals surface area contributed by atoms with Gasteiger partial charge in [-0.3, -0.25) is 0 Å². The molecule has 1 aromatic carbocycles. The minimum Gasteiger partial charge on any atom is -0.398 e. The van der Waals surface area contributed by atoms with Gasteiger partial charge in [0.1, 0.15) is 6.33 Å². The van der Waals surface area contributed by atoms with E-state index >= 15 is 0 Å². The molecule has 17 heavy (non-hydrogen) atoms. The van der Waals surface area contributed by atoms with Crippen molar-refractivity contribution in [3.8, 4) is 11.4 Å². The summed E-state index contributed by atoms with van der Waals surface area (Å²) in [6.07, 6.45) is 1.73. The van der Waals surface area contributed by atoms with Crippen molar-refractivity contribution < 1.29 is 0 Å². The minimum absolute atomic E-state index is 0.526. The molecule has 2 rings (SSSR count). The normalized spacial score (nSPS) is 11.1. The highest BCUT2D eigenvalue weighted by Crippen LogP contribution is 2.27. The van der Waals surface area contributed by atoms with Crippen LogP contribution in [0.3, 0.4) is 0 Å². The van der Waals surface area contributed by atoms with Crippen molar-refractivity contribution in [1.29, 1.82) is 0 Å². The average Bonchev–Trinajstić information content (AvgIpc) is 2.65. The lowest BCUT2D eigenvalue weighted by atomic mass is 10.1. The van der Waals surface area contributed by atoms with Gasteiger partial charge in [0.25, 0.3) is 0 Å². The van der Waals surface area contributed by atoms with Crippen LogP contribution in [-0.2, 0) is 6.54 Å². The van der Waals surface area contributed by atoms with E-state index in [0.29, 0.717) is 16.6 Å². The first-order valence-electron chi connectivity index (χ1n) is 5.51. The Morgan fingerprint density at radius 2 is 2.18 bits per heavy atom. The number of rotatable bonds is 3. The number of nitrogen functional groups attached to an aromatic ring is 1. The highest BCUT2D eigenvalue weighted by Gasteiger charge is 2.11. The number of nitrogens with two attached hydrogens (primary N) is 1. The monoisotopic (exact) mass is 250 g/mol. The van der Waals surface area contributed by atoms with Gasteiger partial charge in [0, 0.05) is 22.8 Å². The molecular formula is C12H15ClN4. The van der Waals surface area contributed by atoms with Gasteiger partial charge in [0.15, 0.2) is 5.82 Å². The fourth-order valence-corrected chi connectivity index (χ4v) is 1.91. The maximum absolute atomic E-state index is 5.95. The maximum atomic E-state index is 5.95. The van der Waals surface area contributed by atoms with Crippen molar-refractivity contribution in [2.24, 2.45) is 5.92 Å². The van der Waals surface area contributed by atoms with Gasteiger partial charge in [0.05, 0.1) is 0 Å². The van der Waals surface area contributed by atoms with Crippen molar-refractivity contribution in [2.45, 2.75) is 20.4 Å².